The zero-order chi connectivity index (χ0) is 21.8. The van der Waals surface area contributed by atoms with Crippen molar-refractivity contribution in [1.82, 2.24) is 0 Å². The summed E-state index contributed by atoms with van der Waals surface area (Å²) in [5.41, 5.74) is 1.33. The molecule has 1 aromatic carbocycles. The zero-order valence-electron chi connectivity index (χ0n) is 18.7. The summed E-state index contributed by atoms with van der Waals surface area (Å²) in [4.78, 5) is 12.1. The largest absolute Gasteiger partial charge is 0.497 e. The minimum Gasteiger partial charge on any atom is -0.497 e. The third-order valence-electron chi connectivity index (χ3n) is 8.91. The number of benzene rings is 1. The van der Waals surface area contributed by atoms with Crippen LogP contribution in [0.2, 0.25) is 0 Å². The summed E-state index contributed by atoms with van der Waals surface area (Å²) >= 11 is 0. The predicted octanol–water partition coefficient (Wildman–Crippen LogP) is 5.06. The number of rotatable bonds is 2. The topological polar surface area (TPSA) is 46.5 Å². The van der Waals surface area contributed by atoms with Crippen molar-refractivity contribution >= 4 is 5.78 Å². The highest BCUT2D eigenvalue weighted by Gasteiger charge is 2.64. The average molecular weight is 417 g/mol. The van der Waals surface area contributed by atoms with Crippen molar-refractivity contribution in [2.45, 2.75) is 57.5 Å². The highest BCUT2D eigenvalue weighted by Crippen LogP contribution is 2.67. The molecule has 0 heterocycles. The molecule has 2 saturated carbocycles. The predicted molar refractivity (Wildman–Crippen MR) is 122 cm³/mol. The van der Waals surface area contributed by atoms with E-state index in [4.69, 9.17) is 4.74 Å². The fraction of sp³-hybridized carbons (Fsp3) is 0.536. The molecule has 0 amide bonds. The monoisotopic (exact) mass is 416 g/mol. The number of hydrogen-bond donors (Lipinski definition) is 1. The number of allylic oxidation sites excluding steroid dienone is 4. The van der Waals surface area contributed by atoms with Crippen LogP contribution in [0.4, 0.5) is 0 Å². The molecule has 3 nitrogen and oxygen atoms in total. The Morgan fingerprint density at radius 1 is 1.16 bits per heavy atom. The molecule has 4 aliphatic carbocycles. The fourth-order valence-corrected chi connectivity index (χ4v) is 7.39. The van der Waals surface area contributed by atoms with E-state index >= 15 is 0 Å². The summed E-state index contributed by atoms with van der Waals surface area (Å²) in [6.07, 6.45) is 10.7. The SMILES string of the molecule is CC#C[C@]1(O)CC[C@H]2[C@@H]3C=CC4=CC(=O)CC[C@@H]4[C@H]3[C@@H](c3ccc(OC)cc3)C[C@@]21C. The van der Waals surface area contributed by atoms with Gasteiger partial charge in [-0.15, -0.1) is 5.92 Å². The molecule has 4 aliphatic rings. The third kappa shape index (κ3) is 3.03. The van der Waals surface area contributed by atoms with Crippen LogP contribution >= 0.6 is 0 Å². The number of carbonyl (C=O) groups is 1. The lowest BCUT2D eigenvalue weighted by Gasteiger charge is -2.56. The maximum Gasteiger partial charge on any atom is 0.155 e. The first kappa shape index (κ1) is 20.6. The van der Waals surface area contributed by atoms with E-state index in [1.54, 1.807) is 7.11 Å². The first-order valence-corrected chi connectivity index (χ1v) is 11.6. The first-order chi connectivity index (χ1) is 14.9. The lowest BCUT2D eigenvalue weighted by Crippen LogP contribution is -2.54. The second-order valence-corrected chi connectivity index (χ2v) is 10.2. The number of carbonyl (C=O) groups excluding carboxylic acids is 1. The first-order valence-electron chi connectivity index (χ1n) is 11.6. The van der Waals surface area contributed by atoms with Crippen LogP contribution in [0.15, 0.2) is 48.1 Å². The van der Waals surface area contributed by atoms with Gasteiger partial charge in [0.25, 0.3) is 0 Å². The molecule has 0 spiro atoms. The van der Waals surface area contributed by atoms with Gasteiger partial charge in [-0.2, -0.15) is 0 Å². The van der Waals surface area contributed by atoms with Crippen LogP contribution in [0.1, 0.15) is 57.4 Å². The molecule has 2 fully saturated rings. The van der Waals surface area contributed by atoms with Gasteiger partial charge in [-0.1, -0.05) is 37.1 Å². The van der Waals surface area contributed by atoms with Crippen molar-refractivity contribution in [2.75, 3.05) is 7.11 Å². The van der Waals surface area contributed by atoms with Crippen molar-refractivity contribution in [1.29, 1.82) is 0 Å². The minimum absolute atomic E-state index is 0.252. The van der Waals surface area contributed by atoms with Crippen LogP contribution in [0, 0.1) is 40.9 Å². The van der Waals surface area contributed by atoms with E-state index in [1.807, 2.05) is 25.1 Å². The Labute approximate surface area is 185 Å². The summed E-state index contributed by atoms with van der Waals surface area (Å²) in [6, 6.07) is 8.48. The fourth-order valence-electron chi connectivity index (χ4n) is 7.39. The van der Waals surface area contributed by atoms with Gasteiger partial charge >= 0.3 is 0 Å². The van der Waals surface area contributed by atoms with Crippen LogP contribution in [-0.2, 0) is 4.79 Å². The Morgan fingerprint density at radius 2 is 1.94 bits per heavy atom. The molecule has 0 aliphatic heterocycles. The van der Waals surface area contributed by atoms with Crippen molar-refractivity contribution in [3.63, 3.8) is 0 Å². The van der Waals surface area contributed by atoms with Crippen molar-refractivity contribution < 1.29 is 14.6 Å². The lowest BCUT2D eigenvalue weighted by atomic mass is 9.48. The van der Waals surface area contributed by atoms with E-state index in [0.29, 0.717) is 36.0 Å². The summed E-state index contributed by atoms with van der Waals surface area (Å²) in [6.45, 7) is 4.10. The molecule has 7 atom stereocenters. The molecular formula is C28H32O3. The van der Waals surface area contributed by atoms with E-state index in [0.717, 1.165) is 31.4 Å². The van der Waals surface area contributed by atoms with Crippen LogP contribution in [-0.4, -0.2) is 23.6 Å². The summed E-state index contributed by atoms with van der Waals surface area (Å²) in [7, 11) is 1.70. The van der Waals surface area contributed by atoms with Gasteiger partial charge in [0, 0.05) is 11.8 Å². The Morgan fingerprint density at radius 3 is 2.65 bits per heavy atom. The Kier molecular flexibility index (Phi) is 4.90. The van der Waals surface area contributed by atoms with Crippen LogP contribution in [0.5, 0.6) is 5.75 Å². The molecular weight excluding hydrogens is 384 g/mol. The van der Waals surface area contributed by atoms with E-state index in [9.17, 15) is 9.90 Å². The number of methoxy groups -OCH3 is 1. The Balaban J connectivity index is 1.64. The lowest BCUT2D eigenvalue weighted by molar-refractivity contribution is -0.116. The van der Waals surface area contributed by atoms with Crippen molar-refractivity contribution in [2.24, 2.45) is 29.1 Å². The molecule has 1 N–H and O–H groups in total. The molecule has 0 radical (unpaired) electrons. The summed E-state index contributed by atoms with van der Waals surface area (Å²) < 4.78 is 5.40. The van der Waals surface area contributed by atoms with Gasteiger partial charge in [0.1, 0.15) is 11.4 Å². The second-order valence-electron chi connectivity index (χ2n) is 10.2. The molecule has 162 valence electrons. The molecule has 5 rings (SSSR count). The number of ether oxygens (including phenoxy) is 1. The molecule has 0 aromatic heterocycles. The maximum atomic E-state index is 12.1. The quantitative estimate of drug-likeness (QED) is 0.686. The molecule has 0 unspecified atom stereocenters. The molecule has 1 aromatic rings. The zero-order valence-corrected chi connectivity index (χ0v) is 18.7. The number of aliphatic hydroxyl groups is 1. The maximum absolute atomic E-state index is 12.1. The van der Waals surface area contributed by atoms with E-state index < -0.39 is 5.60 Å². The molecule has 0 saturated heterocycles. The molecule has 3 heteroatoms. The number of ketones is 1. The minimum atomic E-state index is -0.936. The van der Waals surface area contributed by atoms with Gasteiger partial charge < -0.3 is 9.84 Å². The standard InChI is InChI=1S/C28H32O3/c1-4-14-28(30)15-13-25-23-11-7-19-16-20(29)8-12-22(19)26(23)24(17-27(25,28)2)18-5-9-21(31-3)10-6-18/h5-7,9-11,16,22-26,30H,8,12-13,15,17H2,1-3H3/t22-,23-,24+,25-,26+,27-,28-/m0/s1. The van der Waals surface area contributed by atoms with Gasteiger partial charge in [-0.25, -0.2) is 0 Å². The van der Waals surface area contributed by atoms with E-state index in [-0.39, 0.29) is 11.2 Å². The highest BCUT2D eigenvalue weighted by molar-refractivity contribution is 5.92. The van der Waals surface area contributed by atoms with Gasteiger partial charge in [0.15, 0.2) is 5.78 Å². The van der Waals surface area contributed by atoms with Crippen LogP contribution in [0.25, 0.3) is 0 Å². The highest BCUT2D eigenvalue weighted by atomic mass is 16.5. The summed E-state index contributed by atoms with van der Waals surface area (Å²) in [5.74, 6) is 9.33. The Bertz CT molecular complexity index is 1010. The van der Waals surface area contributed by atoms with E-state index in [2.05, 4.69) is 43.0 Å². The van der Waals surface area contributed by atoms with Gasteiger partial charge in [0.05, 0.1) is 7.11 Å². The second kappa shape index (κ2) is 7.38. The average Bonchev–Trinajstić information content (AvgIpc) is 3.03. The van der Waals surface area contributed by atoms with Gasteiger partial charge in [-0.05, 0) is 91.5 Å². The van der Waals surface area contributed by atoms with Crippen molar-refractivity contribution in [3.05, 3.63) is 53.6 Å². The summed E-state index contributed by atoms with van der Waals surface area (Å²) in [5, 5.41) is 11.7. The molecule has 0 bridgehead atoms. The normalized spacial score (nSPS) is 40.7. The third-order valence-corrected chi connectivity index (χ3v) is 8.91. The Hall–Kier alpha value is -2.31. The number of fused-ring (bicyclic) bond motifs is 5. The smallest absolute Gasteiger partial charge is 0.155 e. The van der Waals surface area contributed by atoms with Crippen LogP contribution in [0.3, 0.4) is 0 Å². The van der Waals surface area contributed by atoms with Crippen molar-refractivity contribution in [3.8, 4) is 17.6 Å². The van der Waals surface area contributed by atoms with Crippen LogP contribution < -0.4 is 4.74 Å². The molecule has 31 heavy (non-hydrogen) atoms. The van der Waals surface area contributed by atoms with Gasteiger partial charge in [0.2, 0.25) is 0 Å². The number of hydrogen-bond acceptors (Lipinski definition) is 3. The van der Waals surface area contributed by atoms with Gasteiger partial charge in [-0.3, -0.25) is 4.79 Å². The van der Waals surface area contributed by atoms with E-state index in [1.165, 1.54) is 11.1 Å².